The maximum atomic E-state index is 12.6. The van der Waals surface area contributed by atoms with Crippen LogP contribution in [-0.2, 0) is 20.0 Å². The molecule has 0 saturated carbocycles. The minimum absolute atomic E-state index is 0. The lowest BCUT2D eigenvalue weighted by atomic mass is 10.3. The number of thiazole rings is 2. The number of fused-ring (bicyclic) bond motifs is 2. The van der Waals surface area contributed by atoms with Gasteiger partial charge in [0.15, 0.2) is 0 Å². The number of nitrogens with one attached hydrogen (secondary N) is 2. The maximum absolute atomic E-state index is 12.6. The molecule has 0 aliphatic carbocycles. The summed E-state index contributed by atoms with van der Waals surface area (Å²) in [6.45, 7) is 13.5. The van der Waals surface area contributed by atoms with E-state index >= 15 is 0 Å². The fraction of sp³-hybridized carbons (Fsp3) is 0.409. The second-order valence-corrected chi connectivity index (χ2v) is 20.5. The van der Waals surface area contributed by atoms with Crippen molar-refractivity contribution in [1.82, 2.24) is 39.0 Å². The molecule has 348 valence electrons. The SMILES string of the molecule is Cl.Cl.O=S(=O)(NCCN1CCN(CCCOc2ccccc2)CC1)c1ccc2ncsc2c1.O=S(=O)(NCCN1CCN(CCCOc2ccccc2)CC1)c1ccc2ncsc2c1. The van der Waals surface area contributed by atoms with Crippen molar-refractivity contribution in [3.8, 4) is 11.5 Å². The predicted molar refractivity (Wildman–Crippen MR) is 263 cm³/mol. The first kappa shape index (κ1) is 51.5. The highest BCUT2D eigenvalue weighted by Gasteiger charge is 2.21. The van der Waals surface area contributed by atoms with Crippen molar-refractivity contribution in [1.29, 1.82) is 0 Å². The summed E-state index contributed by atoms with van der Waals surface area (Å²) in [4.78, 5) is 18.5. The third kappa shape index (κ3) is 15.8. The van der Waals surface area contributed by atoms with Crippen LogP contribution in [0.3, 0.4) is 0 Å². The van der Waals surface area contributed by atoms with Gasteiger partial charge in [-0.2, -0.15) is 0 Å². The first-order valence-corrected chi connectivity index (χ1v) is 25.8. The molecule has 2 aliphatic rings. The second-order valence-electron chi connectivity index (χ2n) is 15.2. The summed E-state index contributed by atoms with van der Waals surface area (Å²) < 4.78 is 69.0. The van der Waals surface area contributed by atoms with Crippen LogP contribution >= 0.6 is 47.5 Å². The zero-order chi connectivity index (χ0) is 43.0. The van der Waals surface area contributed by atoms with E-state index in [1.807, 2.05) is 60.7 Å². The number of sulfonamides is 2. The van der Waals surface area contributed by atoms with Crippen LogP contribution in [0.4, 0.5) is 0 Å². The predicted octanol–water partition coefficient (Wildman–Crippen LogP) is 6.17. The fourth-order valence-electron chi connectivity index (χ4n) is 7.31. The molecule has 2 saturated heterocycles. The summed E-state index contributed by atoms with van der Waals surface area (Å²) in [5.41, 5.74) is 5.11. The van der Waals surface area contributed by atoms with Crippen molar-refractivity contribution < 1.29 is 26.3 Å². The number of halogens is 2. The minimum Gasteiger partial charge on any atom is -0.494 e. The van der Waals surface area contributed by atoms with Crippen molar-refractivity contribution in [3.05, 3.63) is 108 Å². The number of rotatable bonds is 20. The van der Waals surface area contributed by atoms with Crippen molar-refractivity contribution in [3.63, 3.8) is 0 Å². The summed E-state index contributed by atoms with van der Waals surface area (Å²) in [5.74, 6) is 1.84. The largest absolute Gasteiger partial charge is 0.494 e. The van der Waals surface area contributed by atoms with Crippen LogP contribution in [0.5, 0.6) is 11.5 Å². The molecule has 8 rings (SSSR count). The molecule has 64 heavy (non-hydrogen) atoms. The molecule has 2 fully saturated rings. The molecular formula is C44H58Cl2N8O6S4. The molecule has 0 bridgehead atoms. The van der Waals surface area contributed by atoms with Crippen LogP contribution < -0.4 is 18.9 Å². The first-order chi connectivity index (χ1) is 30.2. The Labute approximate surface area is 397 Å². The van der Waals surface area contributed by atoms with E-state index < -0.39 is 20.0 Å². The van der Waals surface area contributed by atoms with Crippen molar-refractivity contribution in [2.45, 2.75) is 22.6 Å². The zero-order valence-corrected chi connectivity index (χ0v) is 40.6. The number of piperazine rings is 2. The third-order valence-corrected chi connectivity index (χ3v) is 15.4. The summed E-state index contributed by atoms with van der Waals surface area (Å²) in [6, 6.07) is 29.9. The molecule has 2 aromatic heterocycles. The van der Waals surface area contributed by atoms with Gasteiger partial charge in [0.1, 0.15) is 11.5 Å². The fourth-order valence-corrected chi connectivity index (χ4v) is 11.0. The molecule has 14 nitrogen and oxygen atoms in total. The van der Waals surface area contributed by atoms with Crippen LogP contribution in [0.15, 0.2) is 118 Å². The summed E-state index contributed by atoms with van der Waals surface area (Å²) >= 11 is 2.89. The van der Waals surface area contributed by atoms with E-state index in [9.17, 15) is 16.8 Å². The zero-order valence-electron chi connectivity index (χ0n) is 35.7. The monoisotopic (exact) mass is 992 g/mol. The molecular weight excluding hydrogens is 936 g/mol. The number of ether oxygens (including phenoxy) is 2. The average Bonchev–Trinajstić information content (AvgIpc) is 3.98. The molecule has 0 spiro atoms. The van der Waals surface area contributed by atoms with Gasteiger partial charge >= 0.3 is 0 Å². The Balaban J connectivity index is 0.000000234. The standard InChI is InChI=1S/2C22H28N4O3S2.2ClH/c2*27-31(28,20-7-8-21-22(17-20)30-18-23-21)24-9-11-26-14-12-25(13-15-26)10-4-16-29-19-5-2-1-3-6-19;;/h2*1-3,5-8,17-18,24H,4,9-16H2;2*1H. The highest BCUT2D eigenvalue weighted by molar-refractivity contribution is 7.89. The van der Waals surface area contributed by atoms with E-state index in [1.54, 1.807) is 47.4 Å². The highest BCUT2D eigenvalue weighted by Crippen LogP contribution is 2.23. The van der Waals surface area contributed by atoms with Gasteiger partial charge in [-0.1, -0.05) is 36.4 Å². The quantitative estimate of drug-likeness (QED) is 0.0844. The van der Waals surface area contributed by atoms with E-state index in [1.165, 1.54) is 22.7 Å². The maximum Gasteiger partial charge on any atom is 0.240 e. The third-order valence-electron chi connectivity index (χ3n) is 10.9. The van der Waals surface area contributed by atoms with Crippen LogP contribution in [-0.4, -0.2) is 151 Å². The van der Waals surface area contributed by atoms with E-state index in [0.717, 1.165) is 123 Å². The molecule has 0 unspecified atom stereocenters. The van der Waals surface area contributed by atoms with Crippen molar-refractivity contribution in [2.75, 3.05) is 105 Å². The van der Waals surface area contributed by atoms with Crippen LogP contribution in [0.25, 0.3) is 20.4 Å². The second kappa shape index (κ2) is 26.0. The lowest BCUT2D eigenvalue weighted by Gasteiger charge is -2.34. The smallest absolute Gasteiger partial charge is 0.240 e. The number of aromatic nitrogens is 2. The lowest BCUT2D eigenvalue weighted by molar-refractivity contribution is 0.128. The van der Waals surface area contributed by atoms with Gasteiger partial charge < -0.3 is 19.3 Å². The topological polar surface area (TPSA) is 150 Å². The highest BCUT2D eigenvalue weighted by atomic mass is 35.5. The van der Waals surface area contributed by atoms with Gasteiger partial charge in [-0.05, 0) is 73.5 Å². The van der Waals surface area contributed by atoms with Crippen LogP contribution in [0.2, 0.25) is 0 Å². The number of para-hydroxylation sites is 2. The van der Waals surface area contributed by atoms with E-state index in [0.29, 0.717) is 36.0 Å². The first-order valence-electron chi connectivity index (χ1n) is 21.1. The summed E-state index contributed by atoms with van der Waals surface area (Å²) in [6.07, 6.45) is 2.00. The van der Waals surface area contributed by atoms with Gasteiger partial charge in [-0.25, -0.2) is 36.2 Å². The van der Waals surface area contributed by atoms with Crippen molar-refractivity contribution >= 4 is 88.0 Å². The molecule has 20 heteroatoms. The Kier molecular flexibility index (Phi) is 20.9. The van der Waals surface area contributed by atoms with E-state index in [-0.39, 0.29) is 24.8 Å². The Hall–Kier alpha value is -3.50. The number of nitrogens with zero attached hydrogens (tertiary/aromatic N) is 6. The molecule has 2 N–H and O–H groups in total. The Morgan fingerprint density at radius 1 is 0.500 bits per heavy atom. The van der Waals surface area contributed by atoms with Gasteiger partial charge in [0.2, 0.25) is 20.0 Å². The molecule has 4 aromatic carbocycles. The van der Waals surface area contributed by atoms with E-state index in [4.69, 9.17) is 9.47 Å². The van der Waals surface area contributed by atoms with Gasteiger partial charge in [-0.15, -0.1) is 47.5 Å². The van der Waals surface area contributed by atoms with Crippen LogP contribution in [0, 0.1) is 0 Å². The van der Waals surface area contributed by atoms with Gasteiger partial charge in [0.25, 0.3) is 0 Å². The average molecular weight is 994 g/mol. The van der Waals surface area contributed by atoms with Gasteiger partial charge in [0.05, 0.1) is 54.5 Å². The lowest BCUT2D eigenvalue weighted by Crippen LogP contribution is -2.48. The van der Waals surface area contributed by atoms with Crippen LogP contribution in [0.1, 0.15) is 12.8 Å². The molecule has 0 radical (unpaired) electrons. The summed E-state index contributed by atoms with van der Waals surface area (Å²) in [5, 5.41) is 0. The molecule has 2 aliphatic heterocycles. The normalized spacial score (nSPS) is 15.5. The van der Waals surface area contributed by atoms with Gasteiger partial charge in [0, 0.05) is 91.6 Å². The molecule has 4 heterocycles. The Bertz CT molecular complexity index is 2320. The summed E-state index contributed by atoms with van der Waals surface area (Å²) in [7, 11) is -7.00. The van der Waals surface area contributed by atoms with E-state index in [2.05, 4.69) is 39.0 Å². The Morgan fingerprint density at radius 2 is 0.859 bits per heavy atom. The molecule has 6 aromatic rings. The number of hydrogen-bond acceptors (Lipinski definition) is 14. The number of hydrogen-bond donors (Lipinski definition) is 2. The van der Waals surface area contributed by atoms with Crippen molar-refractivity contribution in [2.24, 2.45) is 0 Å². The molecule has 0 atom stereocenters. The minimum atomic E-state index is -3.50. The number of benzene rings is 4. The van der Waals surface area contributed by atoms with Gasteiger partial charge in [-0.3, -0.25) is 9.80 Å². The molecule has 0 amide bonds. The Morgan fingerprint density at radius 3 is 1.23 bits per heavy atom.